The standard InChI is InChI=1S/C22H29Cl2N5O4S2/c1-3-6-14(7-4-2)20(30)32-10-12-34-35-13-11-33-22(31)29-21(26)27-19(25)18(28-29)15-8-5-9-16(23)17(15)24/h5,8-9,14H,3-4,6-7,10-13H2,1-2H3,(H3,25,26,27). The molecule has 2 aromatic rings. The maximum absolute atomic E-state index is 12.4. The molecule has 2 rings (SSSR count). The Labute approximate surface area is 222 Å². The summed E-state index contributed by atoms with van der Waals surface area (Å²) in [6.07, 6.45) is 2.76. The highest BCUT2D eigenvalue weighted by atomic mass is 35.5. The second-order valence-corrected chi connectivity index (χ2v) is 10.9. The zero-order valence-corrected chi connectivity index (χ0v) is 22.7. The molecule has 3 N–H and O–H groups in total. The van der Waals surface area contributed by atoms with Gasteiger partial charge in [-0.1, -0.05) is 83.6 Å². The zero-order chi connectivity index (χ0) is 25.8. The van der Waals surface area contributed by atoms with E-state index in [0.29, 0.717) is 33.4 Å². The number of nitrogen functional groups attached to an aromatic ring is 1. The van der Waals surface area contributed by atoms with Crippen LogP contribution in [0.4, 0.5) is 10.6 Å². The van der Waals surface area contributed by atoms with Gasteiger partial charge in [0.1, 0.15) is 18.9 Å². The Bertz CT molecular complexity index is 1060. The molecule has 35 heavy (non-hydrogen) atoms. The van der Waals surface area contributed by atoms with Crippen LogP contribution >= 0.6 is 44.8 Å². The van der Waals surface area contributed by atoms with E-state index in [4.69, 9.17) is 43.8 Å². The minimum Gasteiger partial charge on any atom is -0.465 e. The molecular formula is C22H29Cl2N5O4S2. The number of carbonyl (C=O) groups excluding carboxylic acids is 2. The van der Waals surface area contributed by atoms with Gasteiger partial charge in [0, 0.05) is 17.1 Å². The molecule has 0 fully saturated rings. The van der Waals surface area contributed by atoms with Crippen LogP contribution in [0.1, 0.15) is 39.5 Å². The number of nitrogens with zero attached hydrogens (tertiary/aromatic N) is 3. The van der Waals surface area contributed by atoms with Crippen LogP contribution in [0.15, 0.2) is 18.2 Å². The minimum absolute atomic E-state index is 0.0200. The van der Waals surface area contributed by atoms with Crippen molar-refractivity contribution in [2.45, 2.75) is 39.5 Å². The van der Waals surface area contributed by atoms with Crippen LogP contribution in [-0.4, -0.2) is 51.5 Å². The molecule has 0 amide bonds. The summed E-state index contributed by atoms with van der Waals surface area (Å²) >= 11 is 12.3. The number of carbonyl (C=O) groups is 2. The number of nitrogens with two attached hydrogens (primary N) is 1. The molecule has 1 aromatic heterocycles. The van der Waals surface area contributed by atoms with Gasteiger partial charge in [0.2, 0.25) is 0 Å². The van der Waals surface area contributed by atoms with Crippen molar-refractivity contribution in [3.8, 4) is 11.3 Å². The molecule has 1 heterocycles. The second kappa shape index (κ2) is 15.2. The smallest absolute Gasteiger partial charge is 0.438 e. The lowest BCUT2D eigenvalue weighted by Gasteiger charge is -2.14. The fraction of sp³-hybridized carbons (Fsp3) is 0.500. The Morgan fingerprint density at radius 2 is 1.74 bits per heavy atom. The van der Waals surface area contributed by atoms with E-state index in [1.807, 2.05) is 0 Å². The van der Waals surface area contributed by atoms with E-state index in [-0.39, 0.29) is 35.0 Å². The summed E-state index contributed by atoms with van der Waals surface area (Å²) in [5, 5.41) is 12.5. The van der Waals surface area contributed by atoms with Crippen LogP contribution in [0.25, 0.3) is 11.3 Å². The number of hydrogen-bond donors (Lipinski definition) is 2. The first-order valence-corrected chi connectivity index (χ1v) is 14.4. The van der Waals surface area contributed by atoms with Crippen LogP contribution in [0.2, 0.25) is 10.0 Å². The van der Waals surface area contributed by atoms with Gasteiger partial charge in [0.05, 0.1) is 16.0 Å². The summed E-state index contributed by atoms with van der Waals surface area (Å²) in [5.74, 6) is 0.926. The molecule has 9 nitrogen and oxygen atoms in total. The Morgan fingerprint density at radius 3 is 2.37 bits per heavy atom. The number of benzene rings is 1. The number of aromatic nitrogens is 3. The fourth-order valence-corrected chi connectivity index (χ4v) is 5.18. The first-order chi connectivity index (χ1) is 16.8. The molecule has 192 valence electrons. The summed E-state index contributed by atoms with van der Waals surface area (Å²) in [6, 6.07) is 4.90. The summed E-state index contributed by atoms with van der Waals surface area (Å²) in [4.78, 5) is 28.4. The van der Waals surface area contributed by atoms with Gasteiger partial charge >= 0.3 is 12.1 Å². The van der Waals surface area contributed by atoms with E-state index in [0.717, 1.165) is 25.7 Å². The number of anilines is 1. The third-order valence-corrected chi connectivity index (χ3v) is 7.90. The Morgan fingerprint density at radius 1 is 1.11 bits per heavy atom. The van der Waals surface area contributed by atoms with Gasteiger partial charge in [-0.2, -0.15) is 10.1 Å². The summed E-state index contributed by atoms with van der Waals surface area (Å²) < 4.78 is 11.3. The van der Waals surface area contributed by atoms with E-state index in [1.54, 1.807) is 18.2 Å². The van der Waals surface area contributed by atoms with E-state index in [1.165, 1.54) is 21.6 Å². The van der Waals surface area contributed by atoms with Crippen LogP contribution in [0, 0.1) is 11.3 Å². The third kappa shape index (κ3) is 8.89. The van der Waals surface area contributed by atoms with E-state index < -0.39 is 11.7 Å². The van der Waals surface area contributed by atoms with Crippen molar-refractivity contribution in [1.29, 1.82) is 5.41 Å². The quantitative estimate of drug-likeness (QED) is 0.186. The van der Waals surface area contributed by atoms with Gasteiger partial charge in [-0.15, -0.1) is 4.68 Å². The Hall–Kier alpha value is -1.95. The molecule has 0 aliphatic rings. The molecular weight excluding hydrogens is 533 g/mol. The van der Waals surface area contributed by atoms with Gasteiger partial charge in [-0.05, 0) is 18.9 Å². The number of ether oxygens (including phenoxy) is 2. The number of rotatable bonds is 13. The number of nitrogens with one attached hydrogen (secondary N) is 1. The molecule has 0 unspecified atom stereocenters. The lowest BCUT2D eigenvalue weighted by Crippen LogP contribution is -2.34. The van der Waals surface area contributed by atoms with Crippen molar-refractivity contribution in [3.05, 3.63) is 33.9 Å². The number of halogens is 2. The molecule has 0 atom stereocenters. The average Bonchev–Trinajstić information content (AvgIpc) is 2.82. The highest BCUT2D eigenvalue weighted by Crippen LogP contribution is 2.33. The van der Waals surface area contributed by atoms with Crippen LogP contribution in [0.3, 0.4) is 0 Å². The van der Waals surface area contributed by atoms with Gasteiger partial charge in [0.25, 0.3) is 5.62 Å². The van der Waals surface area contributed by atoms with Crippen LogP contribution < -0.4 is 11.4 Å². The fourth-order valence-electron chi connectivity index (χ4n) is 3.13. The Balaban J connectivity index is 1.79. The second-order valence-electron chi connectivity index (χ2n) is 7.38. The maximum Gasteiger partial charge on any atom is 0.438 e. The van der Waals surface area contributed by atoms with Crippen molar-refractivity contribution in [2.24, 2.45) is 5.92 Å². The van der Waals surface area contributed by atoms with Gasteiger partial charge in [-0.25, -0.2) is 4.79 Å². The molecule has 0 aliphatic carbocycles. The minimum atomic E-state index is -0.862. The topological polar surface area (TPSA) is 133 Å². The van der Waals surface area contributed by atoms with Crippen molar-refractivity contribution < 1.29 is 19.1 Å². The third-order valence-electron chi connectivity index (χ3n) is 4.74. The molecule has 0 spiro atoms. The largest absolute Gasteiger partial charge is 0.465 e. The Kier molecular flexibility index (Phi) is 12.7. The lowest BCUT2D eigenvalue weighted by atomic mass is 9.99. The predicted molar refractivity (Wildman–Crippen MR) is 142 cm³/mol. The maximum atomic E-state index is 12.4. The van der Waals surface area contributed by atoms with E-state index in [9.17, 15) is 9.59 Å². The highest BCUT2D eigenvalue weighted by Gasteiger charge is 2.19. The summed E-state index contributed by atoms with van der Waals surface area (Å²) in [5.41, 5.74) is 5.92. The van der Waals surface area contributed by atoms with Crippen LogP contribution in [0.5, 0.6) is 0 Å². The predicted octanol–water partition coefficient (Wildman–Crippen LogP) is 5.44. The highest BCUT2D eigenvalue weighted by molar-refractivity contribution is 8.76. The average molecular weight is 563 g/mol. The molecule has 0 saturated carbocycles. The van der Waals surface area contributed by atoms with E-state index >= 15 is 0 Å². The molecule has 0 radical (unpaired) electrons. The SMILES string of the molecule is CCCC(CCC)C(=O)OCCSSCCOC(=O)n1nc(-c2cccc(Cl)c2Cl)c(N)nc1=N. The van der Waals surface area contributed by atoms with Gasteiger partial charge in [0.15, 0.2) is 5.82 Å². The van der Waals surface area contributed by atoms with Crippen LogP contribution in [-0.2, 0) is 14.3 Å². The summed E-state index contributed by atoms with van der Waals surface area (Å²) in [6.45, 7) is 4.56. The first-order valence-electron chi connectivity index (χ1n) is 11.1. The van der Waals surface area contributed by atoms with Gasteiger partial charge < -0.3 is 15.2 Å². The van der Waals surface area contributed by atoms with Crippen molar-refractivity contribution in [1.82, 2.24) is 14.8 Å². The number of hydrogen-bond acceptors (Lipinski definition) is 10. The van der Waals surface area contributed by atoms with Crippen molar-refractivity contribution in [3.63, 3.8) is 0 Å². The van der Waals surface area contributed by atoms with Gasteiger partial charge in [-0.3, -0.25) is 10.2 Å². The monoisotopic (exact) mass is 561 g/mol. The summed E-state index contributed by atoms with van der Waals surface area (Å²) in [7, 11) is 3.01. The molecule has 0 bridgehead atoms. The normalized spacial score (nSPS) is 11.0. The molecule has 13 heteroatoms. The molecule has 1 aromatic carbocycles. The lowest BCUT2D eigenvalue weighted by molar-refractivity contribution is -0.148. The van der Waals surface area contributed by atoms with E-state index in [2.05, 4.69) is 23.9 Å². The molecule has 0 aliphatic heterocycles. The van der Waals surface area contributed by atoms with Crippen molar-refractivity contribution >= 4 is 62.7 Å². The molecule has 0 saturated heterocycles. The van der Waals surface area contributed by atoms with Crippen molar-refractivity contribution in [2.75, 3.05) is 30.5 Å². The first kappa shape index (κ1) is 29.3. The zero-order valence-electron chi connectivity index (χ0n) is 19.6. The number of esters is 1.